The molecule has 0 aromatic heterocycles. The van der Waals surface area contributed by atoms with Gasteiger partial charge in [-0.05, 0) is 26.2 Å². The number of ether oxygens (including phenoxy) is 2. The smallest absolute Gasteiger partial charge is 0.335 e. The summed E-state index contributed by atoms with van der Waals surface area (Å²) in [6.45, 7) is 3.90. The predicted octanol–water partition coefficient (Wildman–Crippen LogP) is 1.22. The molecule has 1 fully saturated rings. The van der Waals surface area contributed by atoms with Gasteiger partial charge in [0.25, 0.3) is 0 Å². The Morgan fingerprint density at radius 2 is 2.11 bits per heavy atom. The predicted molar refractivity (Wildman–Crippen MR) is 64.7 cm³/mol. The highest BCUT2D eigenvalue weighted by atomic mass is 16.6. The van der Waals surface area contributed by atoms with Crippen molar-refractivity contribution in [1.82, 2.24) is 0 Å². The molecule has 3 atom stereocenters. The van der Waals surface area contributed by atoms with Crippen molar-refractivity contribution < 1.29 is 24.2 Å². The van der Waals surface area contributed by atoms with Gasteiger partial charge < -0.3 is 14.6 Å². The molecule has 2 heterocycles. The van der Waals surface area contributed by atoms with Gasteiger partial charge in [0.2, 0.25) is 6.29 Å². The van der Waals surface area contributed by atoms with Crippen molar-refractivity contribution in [3.05, 3.63) is 22.8 Å². The van der Waals surface area contributed by atoms with E-state index in [1.807, 2.05) is 13.8 Å². The van der Waals surface area contributed by atoms with Crippen LogP contribution in [0, 0.1) is 5.41 Å². The lowest BCUT2D eigenvalue weighted by Gasteiger charge is -2.34. The zero-order valence-corrected chi connectivity index (χ0v) is 10.9. The number of aliphatic hydroxyl groups is 1. The highest BCUT2D eigenvalue weighted by Gasteiger charge is 2.55. The zero-order chi connectivity index (χ0) is 13.8. The van der Waals surface area contributed by atoms with Crippen LogP contribution in [0.3, 0.4) is 0 Å². The maximum atomic E-state index is 12.1. The number of carbonyl (C=O) groups is 2. The molecule has 3 rings (SSSR count). The molecule has 3 aliphatic rings. The number of hydrogen-bond donors (Lipinski definition) is 1. The third-order valence-electron chi connectivity index (χ3n) is 4.35. The Hall–Kier alpha value is -1.62. The molecule has 1 N–H and O–H groups in total. The van der Waals surface area contributed by atoms with Gasteiger partial charge in [0.15, 0.2) is 0 Å². The fourth-order valence-electron chi connectivity index (χ4n) is 3.48. The fraction of sp³-hybridized carbons (Fsp3) is 0.571. The molecule has 2 aliphatic heterocycles. The minimum atomic E-state index is -1.30. The average Bonchev–Trinajstić information content (AvgIpc) is 2.77. The second-order valence-electron chi connectivity index (χ2n) is 5.65. The Morgan fingerprint density at radius 1 is 1.37 bits per heavy atom. The summed E-state index contributed by atoms with van der Waals surface area (Å²) in [4.78, 5) is 23.3. The summed E-state index contributed by atoms with van der Waals surface area (Å²) in [5.41, 5.74) is 1.63. The lowest BCUT2D eigenvalue weighted by Crippen LogP contribution is -2.35. The van der Waals surface area contributed by atoms with Gasteiger partial charge in [-0.15, -0.1) is 0 Å². The average molecular weight is 264 g/mol. The molecule has 0 bridgehead atoms. The first-order chi connectivity index (χ1) is 8.93. The Balaban J connectivity index is 2.06. The number of hydrogen-bond acceptors (Lipinski definition) is 5. The van der Waals surface area contributed by atoms with Crippen LogP contribution in [0.15, 0.2) is 22.8 Å². The van der Waals surface area contributed by atoms with E-state index in [4.69, 9.17) is 4.74 Å². The summed E-state index contributed by atoms with van der Waals surface area (Å²) in [6, 6.07) is 0. The lowest BCUT2D eigenvalue weighted by molar-refractivity contribution is -0.153. The lowest BCUT2D eigenvalue weighted by atomic mass is 9.68. The van der Waals surface area contributed by atoms with E-state index in [-0.39, 0.29) is 5.97 Å². The van der Waals surface area contributed by atoms with Crippen molar-refractivity contribution in [3.63, 3.8) is 0 Å². The number of allylic oxidation sites excluding steroid dienone is 1. The topological polar surface area (TPSA) is 72.8 Å². The first-order valence-corrected chi connectivity index (χ1v) is 6.45. The van der Waals surface area contributed by atoms with Gasteiger partial charge in [-0.25, -0.2) is 9.59 Å². The van der Waals surface area contributed by atoms with E-state index in [9.17, 15) is 14.7 Å². The van der Waals surface area contributed by atoms with E-state index in [0.717, 1.165) is 24.8 Å². The maximum Gasteiger partial charge on any atom is 0.335 e. The highest BCUT2D eigenvalue weighted by molar-refractivity contribution is 5.95. The molecule has 0 amide bonds. The second-order valence-corrected chi connectivity index (χ2v) is 5.65. The van der Waals surface area contributed by atoms with Crippen molar-refractivity contribution in [2.24, 2.45) is 5.41 Å². The molecule has 1 aliphatic carbocycles. The highest BCUT2D eigenvalue weighted by Crippen LogP contribution is 2.52. The molecular weight excluding hydrogens is 248 g/mol. The van der Waals surface area contributed by atoms with Crippen LogP contribution in [-0.4, -0.2) is 29.4 Å². The normalized spacial score (nSPS) is 37.9. The van der Waals surface area contributed by atoms with Crippen LogP contribution in [0.5, 0.6) is 0 Å². The molecule has 0 aromatic rings. The molecule has 1 unspecified atom stereocenters. The summed E-state index contributed by atoms with van der Waals surface area (Å²) in [7, 11) is 0. The second kappa shape index (κ2) is 3.93. The van der Waals surface area contributed by atoms with Crippen LogP contribution >= 0.6 is 0 Å². The Bertz CT molecular complexity index is 530. The fourth-order valence-corrected chi connectivity index (χ4v) is 3.48. The molecule has 1 saturated heterocycles. The first-order valence-electron chi connectivity index (χ1n) is 6.45. The molecule has 0 aromatic carbocycles. The molecular formula is C14H16O5. The van der Waals surface area contributed by atoms with Crippen molar-refractivity contribution >= 4 is 11.9 Å². The third kappa shape index (κ3) is 1.64. The van der Waals surface area contributed by atoms with Gasteiger partial charge in [-0.2, -0.15) is 0 Å². The van der Waals surface area contributed by atoms with Crippen LogP contribution in [-0.2, 0) is 19.1 Å². The van der Waals surface area contributed by atoms with Gasteiger partial charge in [0.05, 0.1) is 0 Å². The van der Waals surface area contributed by atoms with Crippen LogP contribution in [0.1, 0.15) is 33.1 Å². The van der Waals surface area contributed by atoms with E-state index in [1.54, 1.807) is 0 Å². The maximum absolute atomic E-state index is 12.1. The minimum absolute atomic E-state index is 0.336. The van der Waals surface area contributed by atoms with Crippen LogP contribution in [0.2, 0.25) is 0 Å². The minimum Gasteiger partial charge on any atom is -0.453 e. The van der Waals surface area contributed by atoms with Crippen molar-refractivity contribution in [3.8, 4) is 0 Å². The van der Waals surface area contributed by atoms with E-state index >= 15 is 0 Å². The van der Waals surface area contributed by atoms with Crippen molar-refractivity contribution in [2.75, 3.05) is 0 Å². The molecule has 0 saturated carbocycles. The Morgan fingerprint density at radius 3 is 2.74 bits per heavy atom. The van der Waals surface area contributed by atoms with E-state index in [0.29, 0.717) is 11.1 Å². The SMILES string of the molecule is CC1=C2C(=O)O[C@@H](C3=CC(=O)OC3O)[C@]2(C)CCC1. The van der Waals surface area contributed by atoms with Crippen LogP contribution in [0.4, 0.5) is 0 Å². The number of cyclic esters (lactones) is 2. The molecule has 19 heavy (non-hydrogen) atoms. The van der Waals surface area contributed by atoms with Crippen LogP contribution in [0.25, 0.3) is 0 Å². The van der Waals surface area contributed by atoms with Crippen molar-refractivity contribution in [2.45, 2.75) is 45.5 Å². The molecule has 5 heteroatoms. The molecule has 102 valence electrons. The number of fused-ring (bicyclic) bond motifs is 1. The third-order valence-corrected chi connectivity index (χ3v) is 4.35. The van der Waals surface area contributed by atoms with E-state index in [1.165, 1.54) is 6.08 Å². The molecule has 0 radical (unpaired) electrons. The summed E-state index contributed by atoms with van der Waals surface area (Å²) in [6.07, 6.45) is 1.99. The van der Waals surface area contributed by atoms with Crippen LogP contribution < -0.4 is 0 Å². The van der Waals surface area contributed by atoms with Gasteiger partial charge in [0, 0.05) is 22.6 Å². The largest absolute Gasteiger partial charge is 0.453 e. The summed E-state index contributed by atoms with van der Waals surface area (Å²) >= 11 is 0. The summed E-state index contributed by atoms with van der Waals surface area (Å²) < 4.78 is 10.1. The molecule has 0 spiro atoms. The summed E-state index contributed by atoms with van der Waals surface area (Å²) in [5, 5.41) is 9.76. The first kappa shape index (κ1) is 12.4. The number of esters is 2. The number of carbonyl (C=O) groups excluding carboxylic acids is 2. The van der Waals surface area contributed by atoms with E-state index < -0.39 is 23.8 Å². The van der Waals surface area contributed by atoms with Gasteiger partial charge in [-0.1, -0.05) is 12.5 Å². The quantitative estimate of drug-likeness (QED) is 0.721. The standard InChI is InChI=1S/C14H16O5/c1-7-4-3-5-14(2)10(7)13(17)19-11(14)8-6-9(15)18-12(8)16/h6,11-12,16H,3-5H2,1-2H3/t11-,12?,14+/m0/s1. The molecule has 5 nitrogen and oxygen atoms in total. The van der Waals surface area contributed by atoms with Gasteiger partial charge >= 0.3 is 11.9 Å². The Kier molecular flexibility index (Phi) is 2.57. The monoisotopic (exact) mass is 264 g/mol. The van der Waals surface area contributed by atoms with Gasteiger partial charge in [0.1, 0.15) is 6.10 Å². The van der Waals surface area contributed by atoms with Gasteiger partial charge in [-0.3, -0.25) is 0 Å². The summed E-state index contributed by atoms with van der Waals surface area (Å²) in [5.74, 6) is -0.927. The zero-order valence-electron chi connectivity index (χ0n) is 10.9. The number of rotatable bonds is 1. The van der Waals surface area contributed by atoms with E-state index in [2.05, 4.69) is 4.74 Å². The van der Waals surface area contributed by atoms with Crippen molar-refractivity contribution in [1.29, 1.82) is 0 Å². The number of aliphatic hydroxyl groups excluding tert-OH is 1. The Labute approximate surface area is 110 Å².